The van der Waals surface area contributed by atoms with Crippen LogP contribution in [0.25, 0.3) is 0 Å². The highest BCUT2D eigenvalue weighted by Crippen LogP contribution is 2.17. The summed E-state index contributed by atoms with van der Waals surface area (Å²) in [5, 5.41) is 11.4. The van der Waals surface area contributed by atoms with Crippen molar-refractivity contribution in [3.63, 3.8) is 0 Å². The molecule has 64 valence electrons. The van der Waals surface area contributed by atoms with E-state index in [-0.39, 0.29) is 10.6 Å². The van der Waals surface area contributed by atoms with E-state index in [0.29, 0.717) is 5.56 Å². The second-order valence-corrected chi connectivity index (χ2v) is 2.63. The van der Waals surface area contributed by atoms with Gasteiger partial charge in [0.1, 0.15) is 6.07 Å². The highest BCUT2D eigenvalue weighted by atomic mass is 35.5. The first-order chi connectivity index (χ1) is 6.19. The van der Waals surface area contributed by atoms with Crippen molar-refractivity contribution in [2.24, 2.45) is 5.11 Å². The van der Waals surface area contributed by atoms with E-state index in [9.17, 15) is 4.79 Å². The van der Waals surface area contributed by atoms with Crippen molar-refractivity contribution >= 4 is 17.5 Å². The molecule has 0 saturated carbocycles. The van der Waals surface area contributed by atoms with Gasteiger partial charge in [0.15, 0.2) is 0 Å². The van der Waals surface area contributed by atoms with E-state index < -0.39 is 5.91 Å². The molecule has 1 aromatic rings. The highest BCUT2D eigenvalue weighted by Gasteiger charge is 2.06. The van der Waals surface area contributed by atoms with Crippen molar-refractivity contribution in [2.45, 2.75) is 0 Å². The van der Waals surface area contributed by atoms with Crippen LogP contribution < -0.4 is 0 Å². The molecule has 0 heterocycles. The first-order valence-electron chi connectivity index (χ1n) is 3.30. The quantitative estimate of drug-likeness (QED) is 0.695. The Morgan fingerprint density at radius 2 is 2.31 bits per heavy atom. The summed E-state index contributed by atoms with van der Waals surface area (Å²) in [6, 6.07) is 6.00. The summed E-state index contributed by atoms with van der Waals surface area (Å²) in [5.74, 6) is -0.675. The number of hydrogen-bond donors (Lipinski definition) is 1. The van der Waals surface area contributed by atoms with Crippen LogP contribution in [0.15, 0.2) is 23.3 Å². The van der Waals surface area contributed by atoms with Crippen LogP contribution in [-0.2, 0) is 0 Å². The summed E-state index contributed by atoms with van der Waals surface area (Å²) >= 11 is 5.65. The SMILES string of the molecule is N#Cc1ccc(C(=O)N=N)cc1Cl. The van der Waals surface area contributed by atoms with Gasteiger partial charge in [0, 0.05) is 5.56 Å². The van der Waals surface area contributed by atoms with Crippen LogP contribution in [0.3, 0.4) is 0 Å². The van der Waals surface area contributed by atoms with Gasteiger partial charge in [-0.15, -0.1) is 5.11 Å². The molecule has 0 aliphatic carbocycles. The first-order valence-corrected chi connectivity index (χ1v) is 3.68. The third-order valence-electron chi connectivity index (χ3n) is 1.44. The molecule has 0 bridgehead atoms. The number of halogens is 1. The van der Waals surface area contributed by atoms with Crippen LogP contribution in [0.5, 0.6) is 0 Å². The summed E-state index contributed by atoms with van der Waals surface area (Å²) < 4.78 is 0. The minimum absolute atomic E-state index is 0.192. The molecular formula is C8H4ClN3O. The fraction of sp³-hybridized carbons (Fsp3) is 0. The second-order valence-electron chi connectivity index (χ2n) is 2.22. The minimum atomic E-state index is -0.675. The third kappa shape index (κ3) is 1.89. The molecular weight excluding hydrogens is 190 g/mol. The molecule has 1 N–H and O–H groups in total. The molecule has 0 aliphatic heterocycles. The van der Waals surface area contributed by atoms with Crippen molar-refractivity contribution in [3.05, 3.63) is 34.3 Å². The van der Waals surface area contributed by atoms with E-state index in [4.69, 9.17) is 22.4 Å². The van der Waals surface area contributed by atoms with Gasteiger partial charge in [-0.25, -0.2) is 5.53 Å². The van der Waals surface area contributed by atoms with Gasteiger partial charge in [-0.1, -0.05) is 11.6 Å². The largest absolute Gasteiger partial charge is 0.294 e. The number of carbonyl (C=O) groups is 1. The number of nitriles is 1. The first kappa shape index (κ1) is 9.36. The van der Waals surface area contributed by atoms with Crippen LogP contribution in [0.1, 0.15) is 15.9 Å². The van der Waals surface area contributed by atoms with E-state index in [0.717, 1.165) is 0 Å². The maximum atomic E-state index is 10.9. The Kier molecular flexibility index (Phi) is 2.72. The van der Waals surface area contributed by atoms with Crippen molar-refractivity contribution in [1.82, 2.24) is 0 Å². The molecule has 4 nitrogen and oxygen atoms in total. The number of nitrogens with zero attached hydrogens (tertiary/aromatic N) is 2. The summed E-state index contributed by atoms with van der Waals surface area (Å²) in [7, 11) is 0. The van der Waals surface area contributed by atoms with Gasteiger partial charge in [-0.05, 0) is 18.2 Å². The number of hydrogen-bond acceptors (Lipinski definition) is 3. The molecule has 0 aromatic heterocycles. The molecule has 0 fully saturated rings. The number of carbonyl (C=O) groups excluding carboxylic acids is 1. The molecule has 0 spiro atoms. The zero-order chi connectivity index (χ0) is 9.84. The normalized spacial score (nSPS) is 8.92. The summed E-state index contributed by atoms with van der Waals surface area (Å²) in [5.41, 5.74) is 6.98. The highest BCUT2D eigenvalue weighted by molar-refractivity contribution is 6.32. The number of rotatable bonds is 1. The molecule has 1 amide bonds. The zero-order valence-electron chi connectivity index (χ0n) is 6.41. The lowest BCUT2D eigenvalue weighted by Crippen LogP contribution is -1.93. The van der Waals surface area contributed by atoms with Gasteiger partial charge in [-0.3, -0.25) is 4.79 Å². The maximum Gasteiger partial charge on any atom is 0.294 e. The fourth-order valence-corrected chi connectivity index (χ4v) is 1.03. The van der Waals surface area contributed by atoms with E-state index >= 15 is 0 Å². The smallest absolute Gasteiger partial charge is 0.265 e. The molecule has 0 atom stereocenters. The second kappa shape index (κ2) is 3.78. The molecule has 13 heavy (non-hydrogen) atoms. The number of benzene rings is 1. The molecule has 1 rings (SSSR count). The van der Waals surface area contributed by atoms with Crippen LogP contribution in [0, 0.1) is 16.9 Å². The fourth-order valence-electron chi connectivity index (χ4n) is 0.803. The lowest BCUT2D eigenvalue weighted by molar-refractivity contribution is 0.0991. The standard InChI is InChI=1S/C8H4ClN3O/c9-7-3-5(8(13)12-11)1-2-6(7)4-10/h1-3,11H. The molecule has 0 unspecified atom stereocenters. The van der Waals surface area contributed by atoms with E-state index in [2.05, 4.69) is 5.11 Å². The summed E-state index contributed by atoms with van der Waals surface area (Å²) in [4.78, 5) is 10.9. The van der Waals surface area contributed by atoms with E-state index in [1.54, 1.807) is 0 Å². The Hall–Kier alpha value is -1.73. The van der Waals surface area contributed by atoms with Crippen LogP contribution in [-0.4, -0.2) is 5.91 Å². The van der Waals surface area contributed by atoms with Crippen molar-refractivity contribution < 1.29 is 4.79 Å². The van der Waals surface area contributed by atoms with Crippen molar-refractivity contribution in [1.29, 1.82) is 10.8 Å². The molecule has 0 radical (unpaired) electrons. The Balaban J connectivity index is 3.18. The lowest BCUT2D eigenvalue weighted by atomic mass is 10.1. The summed E-state index contributed by atoms with van der Waals surface area (Å²) in [6.45, 7) is 0. The predicted molar refractivity (Wildman–Crippen MR) is 45.6 cm³/mol. The monoisotopic (exact) mass is 193 g/mol. The lowest BCUT2D eigenvalue weighted by Gasteiger charge is -1.96. The molecule has 5 heteroatoms. The van der Waals surface area contributed by atoms with Crippen LogP contribution in [0.4, 0.5) is 0 Å². The van der Waals surface area contributed by atoms with Gasteiger partial charge in [0.25, 0.3) is 5.91 Å². The van der Waals surface area contributed by atoms with E-state index in [1.807, 2.05) is 6.07 Å². The van der Waals surface area contributed by atoms with Crippen molar-refractivity contribution in [3.8, 4) is 6.07 Å². The van der Waals surface area contributed by atoms with Gasteiger partial charge >= 0.3 is 0 Å². The van der Waals surface area contributed by atoms with Gasteiger partial charge in [-0.2, -0.15) is 5.26 Å². The van der Waals surface area contributed by atoms with E-state index in [1.165, 1.54) is 18.2 Å². The summed E-state index contributed by atoms with van der Waals surface area (Å²) in [6.07, 6.45) is 0. The Labute approximate surface area is 79.3 Å². The Morgan fingerprint density at radius 3 is 2.77 bits per heavy atom. The van der Waals surface area contributed by atoms with Crippen molar-refractivity contribution in [2.75, 3.05) is 0 Å². The maximum absolute atomic E-state index is 10.9. The van der Waals surface area contributed by atoms with Gasteiger partial charge in [0.2, 0.25) is 0 Å². The van der Waals surface area contributed by atoms with Gasteiger partial charge in [0.05, 0.1) is 10.6 Å². The third-order valence-corrected chi connectivity index (χ3v) is 1.75. The minimum Gasteiger partial charge on any atom is -0.265 e. The number of nitrogens with one attached hydrogen (secondary N) is 1. The van der Waals surface area contributed by atoms with Gasteiger partial charge < -0.3 is 0 Å². The topological polar surface area (TPSA) is 77.1 Å². The average molecular weight is 194 g/mol. The molecule has 1 aromatic carbocycles. The average Bonchev–Trinajstić information content (AvgIpc) is 2.16. The Bertz CT molecular complexity index is 408. The Morgan fingerprint density at radius 1 is 1.62 bits per heavy atom. The van der Waals surface area contributed by atoms with Crippen LogP contribution >= 0.6 is 11.6 Å². The zero-order valence-corrected chi connectivity index (χ0v) is 7.17. The van der Waals surface area contributed by atoms with Crippen LogP contribution in [0.2, 0.25) is 5.02 Å². The number of amides is 1. The molecule has 0 saturated heterocycles. The molecule has 0 aliphatic rings. The predicted octanol–water partition coefficient (Wildman–Crippen LogP) is 2.38.